The molecule has 0 aliphatic carbocycles. The number of hydrogen-bond acceptors (Lipinski definition) is 3. The Bertz CT molecular complexity index is 337. The highest BCUT2D eigenvalue weighted by molar-refractivity contribution is 5.38. The molecule has 1 atom stereocenters. The van der Waals surface area contributed by atoms with Gasteiger partial charge < -0.3 is 14.8 Å². The molecule has 2 rings (SSSR count). The van der Waals surface area contributed by atoms with E-state index in [-0.39, 0.29) is 0 Å². The van der Waals surface area contributed by atoms with Crippen LogP contribution in [0.4, 0.5) is 0 Å². The number of aryl methyl sites for hydroxylation is 1. The quantitative estimate of drug-likeness (QED) is 0.850. The third-order valence-corrected chi connectivity index (χ3v) is 3.36. The molecule has 94 valence electrons. The summed E-state index contributed by atoms with van der Waals surface area (Å²) in [4.78, 5) is 0. The van der Waals surface area contributed by atoms with E-state index in [4.69, 9.17) is 9.47 Å². The molecule has 1 N–H and O–H groups in total. The van der Waals surface area contributed by atoms with E-state index in [0.717, 1.165) is 17.9 Å². The first-order valence-electron chi connectivity index (χ1n) is 6.27. The Morgan fingerprint density at radius 3 is 2.41 bits per heavy atom. The van der Waals surface area contributed by atoms with Crippen molar-refractivity contribution in [3.05, 3.63) is 23.8 Å². The van der Waals surface area contributed by atoms with Crippen molar-refractivity contribution in [2.75, 3.05) is 20.8 Å². The van der Waals surface area contributed by atoms with E-state index >= 15 is 0 Å². The third kappa shape index (κ3) is 3.37. The molecule has 0 saturated carbocycles. The number of benzene rings is 1. The highest BCUT2D eigenvalue weighted by Gasteiger charge is 2.13. The lowest BCUT2D eigenvalue weighted by atomic mass is 10.0. The molecule has 0 spiro atoms. The average Bonchev–Trinajstić information content (AvgIpc) is 2.89. The van der Waals surface area contributed by atoms with Gasteiger partial charge in [0, 0.05) is 12.1 Å². The highest BCUT2D eigenvalue weighted by atomic mass is 16.5. The van der Waals surface area contributed by atoms with Crippen molar-refractivity contribution in [3.8, 4) is 11.5 Å². The zero-order valence-electron chi connectivity index (χ0n) is 10.7. The molecule has 1 saturated heterocycles. The Hall–Kier alpha value is -1.22. The fourth-order valence-corrected chi connectivity index (χ4v) is 2.35. The van der Waals surface area contributed by atoms with Crippen molar-refractivity contribution in [2.45, 2.75) is 31.7 Å². The first-order chi connectivity index (χ1) is 8.31. The molecular weight excluding hydrogens is 214 g/mol. The lowest BCUT2D eigenvalue weighted by Gasteiger charge is -2.11. The standard InChI is InChI=1S/C14H21NO2/c1-16-13-8-11(9-14(10-13)17-2)5-6-12-4-3-7-15-12/h8-10,12,15H,3-7H2,1-2H3. The number of hydrogen-bond donors (Lipinski definition) is 1. The molecule has 1 unspecified atom stereocenters. The summed E-state index contributed by atoms with van der Waals surface area (Å²) in [5.41, 5.74) is 1.29. The van der Waals surface area contributed by atoms with E-state index in [1.165, 1.54) is 31.4 Å². The maximum atomic E-state index is 5.27. The molecule has 1 heterocycles. The summed E-state index contributed by atoms with van der Waals surface area (Å²) in [5, 5.41) is 3.52. The van der Waals surface area contributed by atoms with Gasteiger partial charge in [-0.2, -0.15) is 0 Å². The van der Waals surface area contributed by atoms with Gasteiger partial charge >= 0.3 is 0 Å². The maximum Gasteiger partial charge on any atom is 0.122 e. The molecule has 1 aromatic rings. The molecule has 17 heavy (non-hydrogen) atoms. The molecule has 1 aliphatic rings. The molecule has 0 radical (unpaired) electrons. The third-order valence-electron chi connectivity index (χ3n) is 3.36. The van der Waals surface area contributed by atoms with Crippen molar-refractivity contribution in [1.29, 1.82) is 0 Å². The summed E-state index contributed by atoms with van der Waals surface area (Å²) in [5.74, 6) is 1.75. The van der Waals surface area contributed by atoms with Crippen LogP contribution in [-0.2, 0) is 6.42 Å². The summed E-state index contributed by atoms with van der Waals surface area (Å²) in [6.07, 6.45) is 4.88. The monoisotopic (exact) mass is 235 g/mol. The van der Waals surface area contributed by atoms with Gasteiger partial charge in [-0.05, 0) is 49.9 Å². The second kappa shape index (κ2) is 5.92. The largest absolute Gasteiger partial charge is 0.497 e. The zero-order chi connectivity index (χ0) is 12.1. The lowest BCUT2D eigenvalue weighted by Crippen LogP contribution is -2.21. The van der Waals surface area contributed by atoms with Crippen molar-refractivity contribution in [1.82, 2.24) is 5.32 Å². The van der Waals surface area contributed by atoms with Crippen LogP contribution in [0.1, 0.15) is 24.8 Å². The molecule has 3 nitrogen and oxygen atoms in total. The van der Waals surface area contributed by atoms with Gasteiger partial charge in [-0.15, -0.1) is 0 Å². The normalized spacial score (nSPS) is 19.3. The fraction of sp³-hybridized carbons (Fsp3) is 0.571. The van der Waals surface area contributed by atoms with Gasteiger partial charge in [0.1, 0.15) is 11.5 Å². The summed E-state index contributed by atoms with van der Waals surface area (Å²) < 4.78 is 10.5. The van der Waals surface area contributed by atoms with Crippen LogP contribution < -0.4 is 14.8 Å². The predicted octanol–water partition coefficient (Wildman–Crippen LogP) is 2.39. The smallest absolute Gasteiger partial charge is 0.122 e. The molecule has 1 fully saturated rings. The van der Waals surface area contributed by atoms with Gasteiger partial charge in [-0.1, -0.05) is 0 Å². The second-order valence-electron chi connectivity index (χ2n) is 4.55. The van der Waals surface area contributed by atoms with Crippen molar-refractivity contribution in [3.63, 3.8) is 0 Å². The van der Waals surface area contributed by atoms with Crippen LogP contribution in [0.3, 0.4) is 0 Å². The summed E-state index contributed by atoms with van der Waals surface area (Å²) >= 11 is 0. The van der Waals surface area contributed by atoms with E-state index in [2.05, 4.69) is 17.4 Å². The van der Waals surface area contributed by atoms with Crippen LogP contribution in [0, 0.1) is 0 Å². The number of ether oxygens (including phenoxy) is 2. The van der Waals surface area contributed by atoms with Crippen molar-refractivity contribution < 1.29 is 9.47 Å². The van der Waals surface area contributed by atoms with Crippen LogP contribution in [0.2, 0.25) is 0 Å². The number of rotatable bonds is 5. The average molecular weight is 235 g/mol. The number of nitrogens with one attached hydrogen (secondary N) is 1. The Labute approximate surface area is 103 Å². The summed E-state index contributed by atoms with van der Waals surface area (Å²) in [6.45, 7) is 1.17. The van der Waals surface area contributed by atoms with Crippen LogP contribution in [-0.4, -0.2) is 26.8 Å². The molecule has 1 aromatic carbocycles. The molecule has 0 amide bonds. The van der Waals surface area contributed by atoms with Gasteiger partial charge in [0.25, 0.3) is 0 Å². The van der Waals surface area contributed by atoms with E-state index in [1.54, 1.807) is 14.2 Å². The van der Waals surface area contributed by atoms with Crippen LogP contribution >= 0.6 is 0 Å². The van der Waals surface area contributed by atoms with Gasteiger partial charge in [-0.25, -0.2) is 0 Å². The van der Waals surface area contributed by atoms with Gasteiger partial charge in [-0.3, -0.25) is 0 Å². The summed E-state index contributed by atoms with van der Waals surface area (Å²) in [6, 6.07) is 6.79. The van der Waals surface area contributed by atoms with E-state index in [1.807, 2.05) is 6.07 Å². The number of methoxy groups -OCH3 is 2. The Morgan fingerprint density at radius 1 is 1.18 bits per heavy atom. The van der Waals surface area contributed by atoms with Crippen LogP contribution in [0.25, 0.3) is 0 Å². The minimum absolute atomic E-state index is 0.687. The highest BCUT2D eigenvalue weighted by Crippen LogP contribution is 2.24. The van der Waals surface area contributed by atoms with Gasteiger partial charge in [0.15, 0.2) is 0 Å². The minimum Gasteiger partial charge on any atom is -0.497 e. The lowest BCUT2D eigenvalue weighted by molar-refractivity contribution is 0.393. The molecular formula is C14H21NO2. The Kier molecular flexibility index (Phi) is 4.26. The Morgan fingerprint density at radius 2 is 1.88 bits per heavy atom. The van der Waals surface area contributed by atoms with Crippen LogP contribution in [0.5, 0.6) is 11.5 Å². The first kappa shape index (κ1) is 12.2. The van der Waals surface area contributed by atoms with Gasteiger partial charge in [0.05, 0.1) is 14.2 Å². The second-order valence-corrected chi connectivity index (χ2v) is 4.55. The van der Waals surface area contributed by atoms with Crippen LogP contribution in [0.15, 0.2) is 18.2 Å². The molecule has 1 aliphatic heterocycles. The SMILES string of the molecule is COc1cc(CCC2CCCN2)cc(OC)c1. The van der Waals surface area contributed by atoms with E-state index in [9.17, 15) is 0 Å². The maximum absolute atomic E-state index is 5.27. The molecule has 0 bridgehead atoms. The Balaban J connectivity index is 1.98. The van der Waals surface area contributed by atoms with Crippen molar-refractivity contribution in [2.24, 2.45) is 0 Å². The fourth-order valence-electron chi connectivity index (χ4n) is 2.35. The predicted molar refractivity (Wildman–Crippen MR) is 68.9 cm³/mol. The zero-order valence-corrected chi connectivity index (χ0v) is 10.7. The topological polar surface area (TPSA) is 30.5 Å². The van der Waals surface area contributed by atoms with E-state index in [0.29, 0.717) is 6.04 Å². The summed E-state index contributed by atoms with van der Waals surface area (Å²) in [7, 11) is 3.38. The van der Waals surface area contributed by atoms with E-state index < -0.39 is 0 Å². The minimum atomic E-state index is 0.687. The first-order valence-corrected chi connectivity index (χ1v) is 6.27. The van der Waals surface area contributed by atoms with Crippen molar-refractivity contribution >= 4 is 0 Å². The molecule has 3 heteroatoms. The van der Waals surface area contributed by atoms with Gasteiger partial charge in [0.2, 0.25) is 0 Å². The molecule has 0 aromatic heterocycles.